The quantitative estimate of drug-likeness (QED) is 0.585. The van der Waals surface area contributed by atoms with E-state index in [9.17, 15) is 13.2 Å². The second-order valence-electron chi connectivity index (χ2n) is 5.10. The zero-order chi connectivity index (χ0) is 14.8. The highest BCUT2D eigenvalue weighted by molar-refractivity contribution is 5.85. The van der Waals surface area contributed by atoms with Crippen LogP contribution in [0.3, 0.4) is 0 Å². The van der Waals surface area contributed by atoms with Gasteiger partial charge in [-0.25, -0.2) is 0 Å². The number of hydrogen-bond donors (Lipinski definition) is 1. The van der Waals surface area contributed by atoms with Crippen LogP contribution in [-0.2, 0) is 12.7 Å². The highest BCUT2D eigenvalue weighted by Gasteiger charge is 2.32. The van der Waals surface area contributed by atoms with Crippen LogP contribution in [0, 0.1) is 0 Å². The minimum Gasteiger partial charge on any atom is -0.313 e. The predicted octanol–water partition coefficient (Wildman–Crippen LogP) is 5.58. The Kier molecular flexibility index (Phi) is 10.5. The molecule has 0 spiro atoms. The van der Waals surface area contributed by atoms with Crippen LogP contribution in [-0.4, -0.2) is 6.54 Å². The Morgan fingerprint density at radius 2 is 1.57 bits per heavy atom. The normalized spacial score (nSPS) is 11.2. The zero-order valence-electron chi connectivity index (χ0n) is 12.5. The summed E-state index contributed by atoms with van der Waals surface area (Å²) in [5.74, 6) is 0. The molecular weight excluding hydrogens is 299 g/mol. The highest BCUT2D eigenvalue weighted by Crippen LogP contribution is 2.31. The van der Waals surface area contributed by atoms with Gasteiger partial charge in [-0.2, -0.15) is 13.2 Å². The minimum atomic E-state index is -4.27. The van der Waals surface area contributed by atoms with Gasteiger partial charge in [0.15, 0.2) is 0 Å². The number of halogens is 4. The van der Waals surface area contributed by atoms with Crippen molar-refractivity contribution in [1.29, 1.82) is 0 Å². The Bertz CT molecular complexity index is 380. The SMILES string of the molecule is CCCCCCCCNCc1ccccc1C(F)(F)F.Cl. The van der Waals surface area contributed by atoms with Crippen LogP contribution in [0.15, 0.2) is 24.3 Å². The first-order valence-electron chi connectivity index (χ1n) is 7.41. The monoisotopic (exact) mass is 323 g/mol. The van der Waals surface area contributed by atoms with Crippen LogP contribution in [0.2, 0.25) is 0 Å². The van der Waals surface area contributed by atoms with Gasteiger partial charge in [-0.15, -0.1) is 12.4 Å². The number of hydrogen-bond acceptors (Lipinski definition) is 1. The van der Waals surface area contributed by atoms with Crippen molar-refractivity contribution >= 4 is 12.4 Å². The summed E-state index contributed by atoms with van der Waals surface area (Å²) in [4.78, 5) is 0. The lowest BCUT2D eigenvalue weighted by molar-refractivity contribution is -0.138. The fraction of sp³-hybridized carbons (Fsp3) is 0.625. The van der Waals surface area contributed by atoms with Crippen molar-refractivity contribution in [3.05, 3.63) is 35.4 Å². The number of rotatable bonds is 9. The lowest BCUT2D eigenvalue weighted by Crippen LogP contribution is -2.18. The third kappa shape index (κ3) is 8.32. The van der Waals surface area contributed by atoms with Crippen LogP contribution in [0.25, 0.3) is 0 Å². The summed E-state index contributed by atoms with van der Waals surface area (Å²) in [5, 5.41) is 3.11. The second kappa shape index (κ2) is 10.9. The van der Waals surface area contributed by atoms with Crippen molar-refractivity contribution in [2.45, 2.75) is 58.2 Å². The van der Waals surface area contributed by atoms with Crippen molar-refractivity contribution in [3.8, 4) is 0 Å². The molecule has 0 radical (unpaired) electrons. The molecule has 0 fully saturated rings. The summed E-state index contributed by atoms with van der Waals surface area (Å²) in [6.07, 6.45) is 2.88. The molecule has 0 unspecified atom stereocenters. The molecule has 1 aromatic rings. The minimum absolute atomic E-state index is 0. The molecule has 0 aliphatic carbocycles. The Hall–Kier alpha value is -0.740. The number of benzene rings is 1. The van der Waals surface area contributed by atoms with Gasteiger partial charge in [0, 0.05) is 6.54 Å². The summed E-state index contributed by atoms with van der Waals surface area (Å²) in [6.45, 7) is 3.24. The molecule has 0 amide bonds. The third-order valence-electron chi connectivity index (χ3n) is 3.35. The van der Waals surface area contributed by atoms with E-state index in [2.05, 4.69) is 12.2 Å². The average molecular weight is 324 g/mol. The molecule has 122 valence electrons. The maximum absolute atomic E-state index is 12.8. The van der Waals surface area contributed by atoms with Crippen LogP contribution in [0.4, 0.5) is 13.2 Å². The molecule has 1 nitrogen and oxygen atoms in total. The van der Waals surface area contributed by atoms with E-state index < -0.39 is 11.7 Å². The lowest BCUT2D eigenvalue weighted by Gasteiger charge is -2.13. The molecule has 0 bridgehead atoms. The average Bonchev–Trinajstić information content (AvgIpc) is 2.41. The first-order valence-corrected chi connectivity index (χ1v) is 7.41. The molecular formula is C16H25ClF3N. The number of nitrogens with one attached hydrogen (secondary N) is 1. The van der Waals surface area contributed by atoms with Crippen LogP contribution in [0.1, 0.15) is 56.6 Å². The third-order valence-corrected chi connectivity index (χ3v) is 3.35. The molecule has 5 heteroatoms. The van der Waals surface area contributed by atoms with Gasteiger partial charge in [-0.05, 0) is 24.6 Å². The number of unbranched alkanes of at least 4 members (excludes halogenated alkanes) is 5. The first-order chi connectivity index (χ1) is 9.55. The van der Waals surface area contributed by atoms with E-state index in [1.807, 2.05) is 0 Å². The van der Waals surface area contributed by atoms with E-state index in [1.54, 1.807) is 6.07 Å². The molecule has 1 rings (SSSR count). The Morgan fingerprint density at radius 3 is 2.24 bits per heavy atom. The molecule has 0 saturated heterocycles. The zero-order valence-corrected chi connectivity index (χ0v) is 13.3. The van der Waals surface area contributed by atoms with Gasteiger partial charge in [0.25, 0.3) is 0 Å². The topological polar surface area (TPSA) is 12.0 Å². The lowest BCUT2D eigenvalue weighted by atomic mass is 10.1. The van der Waals surface area contributed by atoms with Gasteiger partial charge >= 0.3 is 6.18 Å². The predicted molar refractivity (Wildman–Crippen MR) is 83.8 cm³/mol. The Labute approximate surface area is 131 Å². The van der Waals surface area contributed by atoms with Gasteiger partial charge in [-0.3, -0.25) is 0 Å². The van der Waals surface area contributed by atoms with Gasteiger partial charge < -0.3 is 5.32 Å². The Morgan fingerprint density at radius 1 is 0.952 bits per heavy atom. The molecule has 0 aliphatic rings. The van der Waals surface area contributed by atoms with Crippen LogP contribution >= 0.6 is 12.4 Å². The standard InChI is InChI=1S/C16H24F3N.ClH/c1-2-3-4-5-6-9-12-20-13-14-10-7-8-11-15(14)16(17,18)19;/h7-8,10-11,20H,2-6,9,12-13H2,1H3;1H. The van der Waals surface area contributed by atoms with E-state index in [-0.39, 0.29) is 19.0 Å². The van der Waals surface area contributed by atoms with Crippen molar-refractivity contribution in [3.63, 3.8) is 0 Å². The van der Waals surface area contributed by atoms with E-state index in [0.717, 1.165) is 25.5 Å². The largest absolute Gasteiger partial charge is 0.416 e. The maximum Gasteiger partial charge on any atom is 0.416 e. The maximum atomic E-state index is 12.8. The fourth-order valence-corrected chi connectivity index (χ4v) is 2.20. The van der Waals surface area contributed by atoms with E-state index >= 15 is 0 Å². The van der Waals surface area contributed by atoms with Gasteiger partial charge in [0.1, 0.15) is 0 Å². The van der Waals surface area contributed by atoms with Gasteiger partial charge in [-0.1, -0.05) is 57.2 Å². The molecule has 0 aliphatic heterocycles. The van der Waals surface area contributed by atoms with Crippen LogP contribution < -0.4 is 5.32 Å². The van der Waals surface area contributed by atoms with E-state index in [4.69, 9.17) is 0 Å². The summed E-state index contributed by atoms with van der Waals surface area (Å²) in [5.41, 5.74) is -0.207. The smallest absolute Gasteiger partial charge is 0.313 e. The summed E-state index contributed by atoms with van der Waals surface area (Å²) in [6, 6.07) is 5.76. The fourth-order valence-electron chi connectivity index (χ4n) is 2.20. The summed E-state index contributed by atoms with van der Waals surface area (Å²) >= 11 is 0. The first kappa shape index (κ1) is 20.3. The van der Waals surface area contributed by atoms with Crippen LogP contribution in [0.5, 0.6) is 0 Å². The van der Waals surface area contributed by atoms with E-state index in [0.29, 0.717) is 5.56 Å². The van der Waals surface area contributed by atoms with Crippen molar-refractivity contribution in [1.82, 2.24) is 5.32 Å². The summed E-state index contributed by atoms with van der Waals surface area (Å²) < 4.78 is 38.3. The molecule has 0 atom stereocenters. The molecule has 1 aromatic carbocycles. The Balaban J connectivity index is 0.00000400. The molecule has 0 saturated carbocycles. The van der Waals surface area contributed by atoms with Gasteiger partial charge in [0.05, 0.1) is 5.56 Å². The van der Waals surface area contributed by atoms with E-state index in [1.165, 1.54) is 37.8 Å². The number of alkyl halides is 3. The van der Waals surface area contributed by atoms with Gasteiger partial charge in [0.2, 0.25) is 0 Å². The summed E-state index contributed by atoms with van der Waals surface area (Å²) in [7, 11) is 0. The molecule has 0 heterocycles. The molecule has 21 heavy (non-hydrogen) atoms. The highest BCUT2D eigenvalue weighted by atomic mass is 35.5. The van der Waals surface area contributed by atoms with Crippen molar-refractivity contribution in [2.24, 2.45) is 0 Å². The molecule has 0 aromatic heterocycles. The van der Waals surface area contributed by atoms with Crippen molar-refractivity contribution in [2.75, 3.05) is 6.54 Å². The van der Waals surface area contributed by atoms with Crippen molar-refractivity contribution < 1.29 is 13.2 Å². The second-order valence-corrected chi connectivity index (χ2v) is 5.10. The molecule has 1 N–H and O–H groups in total.